The maximum Gasteiger partial charge on any atom is 0.502 e. The largest absolute Gasteiger partial charge is 0.502 e. The number of hydrogen-bond donors (Lipinski definition) is 0. The monoisotopic (exact) mass is 391 g/mol. The summed E-state index contributed by atoms with van der Waals surface area (Å²) in [6, 6.07) is 0.886. The third kappa shape index (κ3) is 6.14. The highest BCUT2D eigenvalue weighted by molar-refractivity contribution is 6.81. The second-order valence-corrected chi connectivity index (χ2v) is 16.3. The van der Waals surface area contributed by atoms with Gasteiger partial charge in [-0.2, -0.15) is 0 Å². The third-order valence-corrected chi connectivity index (χ3v) is 15.7. The van der Waals surface area contributed by atoms with Crippen LogP contribution in [-0.2, 0) is 13.3 Å². The molecule has 0 radical (unpaired) electrons. The minimum atomic E-state index is -2.58. The van der Waals surface area contributed by atoms with Crippen LogP contribution >= 0.6 is 0 Å². The number of hydrogen-bond acceptors (Lipinski definition) is 4. The molecule has 6 heteroatoms. The SMILES string of the molecule is CCO[Si](CCN(CC)[Si](C(C)C)(C(C)C)C(C)C)(OCC)OCC. The van der Waals surface area contributed by atoms with Gasteiger partial charge in [-0.05, 0) is 50.5 Å². The highest BCUT2D eigenvalue weighted by Gasteiger charge is 2.49. The zero-order valence-electron chi connectivity index (χ0n) is 18.6. The van der Waals surface area contributed by atoms with E-state index in [0.717, 1.165) is 35.8 Å². The van der Waals surface area contributed by atoms with Gasteiger partial charge in [-0.1, -0.05) is 48.5 Å². The first-order chi connectivity index (χ1) is 11.7. The summed E-state index contributed by atoms with van der Waals surface area (Å²) in [5, 5.41) is 0. The Morgan fingerprint density at radius 3 is 1.28 bits per heavy atom. The molecule has 0 aromatic carbocycles. The molecule has 0 spiro atoms. The summed E-state index contributed by atoms with van der Waals surface area (Å²) in [5.41, 5.74) is 2.15. The van der Waals surface area contributed by atoms with E-state index in [1.807, 2.05) is 20.8 Å². The molecule has 152 valence electrons. The van der Waals surface area contributed by atoms with Crippen molar-refractivity contribution < 1.29 is 13.3 Å². The quantitative estimate of drug-likeness (QED) is 0.364. The van der Waals surface area contributed by atoms with Gasteiger partial charge in [0.15, 0.2) is 0 Å². The third-order valence-electron chi connectivity index (χ3n) is 5.48. The molecule has 0 rings (SSSR count). The van der Waals surface area contributed by atoms with Gasteiger partial charge in [-0.15, -0.1) is 0 Å². The highest BCUT2D eigenvalue weighted by Crippen LogP contribution is 2.44. The normalized spacial score (nSPS) is 13.7. The van der Waals surface area contributed by atoms with Gasteiger partial charge in [0.1, 0.15) is 8.24 Å². The van der Waals surface area contributed by atoms with Gasteiger partial charge < -0.3 is 17.8 Å². The summed E-state index contributed by atoms with van der Waals surface area (Å²) in [4.78, 5) is 0. The van der Waals surface area contributed by atoms with Gasteiger partial charge in [0, 0.05) is 25.9 Å². The molecule has 0 heterocycles. The Morgan fingerprint density at radius 1 is 0.680 bits per heavy atom. The first kappa shape index (κ1) is 25.3. The molecule has 25 heavy (non-hydrogen) atoms. The molecule has 0 atom stereocenters. The van der Waals surface area contributed by atoms with Gasteiger partial charge in [0.25, 0.3) is 0 Å². The van der Waals surface area contributed by atoms with Crippen LogP contribution in [0.25, 0.3) is 0 Å². The fraction of sp³-hybridized carbons (Fsp3) is 1.00. The minimum Gasteiger partial charge on any atom is -0.374 e. The standard InChI is InChI=1S/C19H45NO3Si2/c1-11-20(25(17(5)6,18(7)8)19(9)10)15-16-24(21-12-2,22-13-3)23-14-4/h17-19H,11-16H2,1-10H3. The van der Waals surface area contributed by atoms with Gasteiger partial charge in [0.05, 0.1) is 0 Å². The molecule has 0 bridgehead atoms. The Hall–Kier alpha value is 0.274. The van der Waals surface area contributed by atoms with Crippen LogP contribution < -0.4 is 0 Å². The van der Waals surface area contributed by atoms with E-state index in [9.17, 15) is 0 Å². The van der Waals surface area contributed by atoms with E-state index in [4.69, 9.17) is 13.3 Å². The van der Waals surface area contributed by atoms with Crippen LogP contribution in [0.15, 0.2) is 0 Å². The molecule has 0 aliphatic rings. The van der Waals surface area contributed by atoms with Gasteiger partial charge in [-0.25, -0.2) is 0 Å². The molecule has 0 fully saturated rings. The summed E-state index contributed by atoms with van der Waals surface area (Å²) in [7, 11) is -4.21. The molecule has 4 nitrogen and oxygen atoms in total. The van der Waals surface area contributed by atoms with Gasteiger partial charge in [0.2, 0.25) is 0 Å². The number of rotatable bonds is 14. The fourth-order valence-electron chi connectivity index (χ4n) is 4.99. The molecule has 0 amide bonds. The van der Waals surface area contributed by atoms with Crippen molar-refractivity contribution >= 4 is 17.0 Å². The van der Waals surface area contributed by atoms with Crippen molar-refractivity contribution in [3.63, 3.8) is 0 Å². The van der Waals surface area contributed by atoms with Crippen molar-refractivity contribution in [2.24, 2.45) is 0 Å². The van der Waals surface area contributed by atoms with E-state index in [-0.39, 0.29) is 0 Å². The average Bonchev–Trinajstić information content (AvgIpc) is 2.50. The predicted octanol–water partition coefficient (Wildman–Crippen LogP) is 5.53. The Bertz CT molecular complexity index is 313. The van der Waals surface area contributed by atoms with Crippen LogP contribution in [0, 0.1) is 0 Å². The van der Waals surface area contributed by atoms with Crippen LogP contribution in [0.4, 0.5) is 0 Å². The molecular weight excluding hydrogens is 346 g/mol. The van der Waals surface area contributed by atoms with E-state index in [1.54, 1.807) is 0 Å². The first-order valence-corrected chi connectivity index (χ1v) is 14.5. The van der Waals surface area contributed by atoms with Crippen LogP contribution in [-0.4, -0.2) is 54.5 Å². The molecule has 0 aromatic rings. The lowest BCUT2D eigenvalue weighted by atomic mass is 10.5. The van der Waals surface area contributed by atoms with Crippen LogP contribution in [0.3, 0.4) is 0 Å². The van der Waals surface area contributed by atoms with E-state index in [2.05, 4.69) is 53.0 Å². The van der Waals surface area contributed by atoms with Crippen molar-refractivity contribution in [3.05, 3.63) is 0 Å². The topological polar surface area (TPSA) is 30.9 Å². The predicted molar refractivity (Wildman–Crippen MR) is 114 cm³/mol. The highest BCUT2D eigenvalue weighted by atomic mass is 28.4. The lowest BCUT2D eigenvalue weighted by molar-refractivity contribution is 0.0698. The molecule has 0 unspecified atom stereocenters. The lowest BCUT2D eigenvalue weighted by Gasteiger charge is -2.51. The Kier molecular flexibility index (Phi) is 12.0. The molecule has 0 saturated heterocycles. The summed E-state index contributed by atoms with van der Waals surface area (Å²) in [6.45, 7) is 27.0. The van der Waals surface area contributed by atoms with Crippen molar-refractivity contribution in [2.75, 3.05) is 32.9 Å². The second-order valence-electron chi connectivity index (χ2n) is 7.66. The second kappa shape index (κ2) is 11.9. The summed E-state index contributed by atoms with van der Waals surface area (Å²) in [5.74, 6) is 0. The summed E-state index contributed by atoms with van der Waals surface area (Å²) >= 11 is 0. The molecule has 0 aliphatic carbocycles. The van der Waals surface area contributed by atoms with E-state index in [0.29, 0.717) is 19.8 Å². The van der Waals surface area contributed by atoms with Gasteiger partial charge in [-0.3, -0.25) is 0 Å². The van der Waals surface area contributed by atoms with Crippen LogP contribution in [0.2, 0.25) is 22.7 Å². The van der Waals surface area contributed by atoms with E-state index >= 15 is 0 Å². The molecule has 0 N–H and O–H groups in total. The Balaban J connectivity index is 5.57. The minimum absolute atomic E-state index is 0.652. The van der Waals surface area contributed by atoms with Crippen LogP contribution in [0.5, 0.6) is 0 Å². The van der Waals surface area contributed by atoms with Gasteiger partial charge >= 0.3 is 8.80 Å². The maximum absolute atomic E-state index is 6.08. The van der Waals surface area contributed by atoms with Crippen LogP contribution in [0.1, 0.15) is 69.2 Å². The smallest absolute Gasteiger partial charge is 0.374 e. The number of nitrogens with zero attached hydrogens (tertiary/aromatic N) is 1. The Labute approximate surface area is 160 Å². The summed E-state index contributed by atoms with van der Waals surface area (Å²) in [6.07, 6.45) is 0. The van der Waals surface area contributed by atoms with Crippen molar-refractivity contribution in [1.29, 1.82) is 0 Å². The fourth-order valence-corrected chi connectivity index (χ4v) is 15.0. The summed E-state index contributed by atoms with van der Waals surface area (Å²) < 4.78 is 21.0. The Morgan fingerprint density at radius 2 is 1.04 bits per heavy atom. The van der Waals surface area contributed by atoms with E-state index in [1.165, 1.54) is 0 Å². The van der Waals surface area contributed by atoms with E-state index < -0.39 is 17.0 Å². The van der Waals surface area contributed by atoms with Crippen molar-refractivity contribution in [3.8, 4) is 0 Å². The molecule has 0 aliphatic heterocycles. The molecule has 0 aromatic heterocycles. The molecular formula is C19H45NO3Si2. The molecule has 0 saturated carbocycles. The first-order valence-electron chi connectivity index (χ1n) is 10.3. The maximum atomic E-state index is 6.08. The average molecular weight is 392 g/mol. The lowest BCUT2D eigenvalue weighted by Crippen LogP contribution is -2.61. The van der Waals surface area contributed by atoms with Crippen molar-refractivity contribution in [1.82, 2.24) is 4.57 Å². The zero-order valence-corrected chi connectivity index (χ0v) is 20.6. The van der Waals surface area contributed by atoms with Crippen molar-refractivity contribution in [2.45, 2.75) is 91.9 Å². The zero-order chi connectivity index (χ0) is 19.7.